The van der Waals surface area contributed by atoms with Gasteiger partial charge in [-0.2, -0.15) is 4.31 Å². The van der Waals surface area contributed by atoms with Crippen LogP contribution in [0, 0.1) is 19.8 Å². The molecule has 1 amide bonds. The summed E-state index contributed by atoms with van der Waals surface area (Å²) < 4.78 is 27.4. The Morgan fingerprint density at radius 3 is 2.44 bits per heavy atom. The number of sulfonamides is 1. The van der Waals surface area contributed by atoms with Crippen molar-refractivity contribution >= 4 is 21.6 Å². The number of nitrogens with zero attached hydrogens (tertiary/aromatic N) is 1. The molecule has 2 aromatic rings. The molecular weight excluding hydrogens is 364 g/mol. The number of anilines is 1. The average Bonchev–Trinajstić information content (AvgIpc) is 2.65. The summed E-state index contributed by atoms with van der Waals surface area (Å²) in [7, 11) is -3.57. The summed E-state index contributed by atoms with van der Waals surface area (Å²) in [6, 6.07) is 12.0. The first-order valence-corrected chi connectivity index (χ1v) is 10.4. The standard InChI is InChI=1S/C20H24N2O4S/c1-14-7-8-15(2)19(13-14)27(25,26)22-11-9-16(10-12-22)20(24)21-17-5-3-4-6-18(17)23/h3-8,13,16,23H,9-12H2,1-2H3,(H,21,24). The Hall–Kier alpha value is -2.38. The van der Waals surface area contributed by atoms with E-state index in [2.05, 4.69) is 5.32 Å². The highest BCUT2D eigenvalue weighted by Gasteiger charge is 2.33. The molecule has 27 heavy (non-hydrogen) atoms. The number of phenolic OH excluding ortho intramolecular Hbond substituents is 1. The van der Waals surface area contributed by atoms with E-state index in [1.165, 1.54) is 10.4 Å². The van der Waals surface area contributed by atoms with Crippen molar-refractivity contribution in [3.63, 3.8) is 0 Å². The summed E-state index contributed by atoms with van der Waals surface area (Å²) in [6.45, 7) is 4.26. The molecule has 1 aliphatic heterocycles. The Morgan fingerprint density at radius 2 is 1.78 bits per heavy atom. The molecule has 0 atom stereocenters. The lowest BCUT2D eigenvalue weighted by Gasteiger charge is -2.31. The number of aromatic hydroxyl groups is 1. The van der Waals surface area contributed by atoms with E-state index in [1.807, 2.05) is 19.1 Å². The minimum Gasteiger partial charge on any atom is -0.506 e. The number of aryl methyl sites for hydroxylation is 2. The van der Waals surface area contributed by atoms with E-state index >= 15 is 0 Å². The van der Waals surface area contributed by atoms with E-state index in [9.17, 15) is 18.3 Å². The summed E-state index contributed by atoms with van der Waals surface area (Å²) in [5, 5.41) is 12.5. The number of benzene rings is 2. The predicted molar refractivity (Wildman–Crippen MR) is 104 cm³/mol. The third-order valence-electron chi connectivity index (χ3n) is 4.95. The molecule has 2 aromatic carbocycles. The molecular formula is C20H24N2O4S. The summed E-state index contributed by atoms with van der Waals surface area (Å²) in [4.78, 5) is 12.8. The molecule has 0 bridgehead atoms. The normalized spacial score (nSPS) is 16.2. The van der Waals surface area contributed by atoms with Crippen LogP contribution in [-0.2, 0) is 14.8 Å². The Bertz CT molecular complexity index is 948. The summed E-state index contributed by atoms with van der Waals surface area (Å²) in [6.07, 6.45) is 0.896. The van der Waals surface area contributed by atoms with E-state index in [1.54, 1.807) is 31.2 Å². The molecule has 7 heteroatoms. The van der Waals surface area contributed by atoms with Crippen molar-refractivity contribution in [2.75, 3.05) is 18.4 Å². The van der Waals surface area contributed by atoms with Crippen LogP contribution in [0.1, 0.15) is 24.0 Å². The molecule has 0 radical (unpaired) electrons. The summed E-state index contributed by atoms with van der Waals surface area (Å²) >= 11 is 0. The molecule has 0 saturated carbocycles. The van der Waals surface area contributed by atoms with Crippen molar-refractivity contribution in [3.8, 4) is 5.75 Å². The van der Waals surface area contributed by atoms with Crippen molar-refractivity contribution in [1.29, 1.82) is 0 Å². The van der Waals surface area contributed by atoms with Crippen molar-refractivity contribution < 1.29 is 18.3 Å². The van der Waals surface area contributed by atoms with Crippen molar-refractivity contribution in [2.24, 2.45) is 5.92 Å². The topological polar surface area (TPSA) is 86.7 Å². The van der Waals surface area contributed by atoms with Gasteiger partial charge in [0.05, 0.1) is 10.6 Å². The second-order valence-corrected chi connectivity index (χ2v) is 8.86. The molecule has 0 spiro atoms. The molecule has 1 aliphatic rings. The summed E-state index contributed by atoms with van der Waals surface area (Å²) in [5.41, 5.74) is 1.99. The monoisotopic (exact) mass is 388 g/mol. The van der Waals surface area contributed by atoms with Gasteiger partial charge < -0.3 is 10.4 Å². The first-order chi connectivity index (χ1) is 12.8. The number of piperidine rings is 1. The fraction of sp³-hybridized carbons (Fsp3) is 0.350. The second kappa shape index (κ2) is 7.70. The zero-order valence-electron chi connectivity index (χ0n) is 15.5. The number of hydrogen-bond donors (Lipinski definition) is 2. The van der Waals surface area contributed by atoms with Crippen LogP contribution < -0.4 is 5.32 Å². The minimum absolute atomic E-state index is 0.0146. The van der Waals surface area contributed by atoms with Crippen LogP contribution >= 0.6 is 0 Å². The number of carbonyl (C=O) groups excluding carboxylic acids is 1. The molecule has 2 N–H and O–H groups in total. The van der Waals surface area contributed by atoms with E-state index in [0.29, 0.717) is 36.5 Å². The number of para-hydroxylation sites is 2. The number of nitrogens with one attached hydrogen (secondary N) is 1. The van der Waals surface area contributed by atoms with E-state index in [0.717, 1.165) is 11.1 Å². The number of rotatable bonds is 4. The number of carbonyl (C=O) groups is 1. The molecule has 0 aromatic heterocycles. The van der Waals surface area contributed by atoms with E-state index in [4.69, 9.17) is 0 Å². The summed E-state index contributed by atoms with van der Waals surface area (Å²) in [5.74, 6) is -0.462. The lowest BCUT2D eigenvalue weighted by molar-refractivity contribution is -0.120. The Kier molecular flexibility index (Phi) is 5.53. The van der Waals surface area contributed by atoms with Crippen LogP contribution in [0.4, 0.5) is 5.69 Å². The maximum atomic E-state index is 13.0. The number of phenols is 1. The molecule has 1 saturated heterocycles. The van der Waals surface area contributed by atoms with Gasteiger partial charge in [-0.25, -0.2) is 8.42 Å². The van der Waals surface area contributed by atoms with Crippen LogP contribution in [0.5, 0.6) is 5.75 Å². The van der Waals surface area contributed by atoms with Crippen LogP contribution in [0.15, 0.2) is 47.4 Å². The van der Waals surface area contributed by atoms with Crippen LogP contribution in [0.25, 0.3) is 0 Å². The first-order valence-electron chi connectivity index (χ1n) is 8.95. The van der Waals surface area contributed by atoms with Crippen LogP contribution in [0.3, 0.4) is 0 Å². The Balaban J connectivity index is 1.67. The quantitative estimate of drug-likeness (QED) is 0.788. The number of hydrogen-bond acceptors (Lipinski definition) is 4. The maximum Gasteiger partial charge on any atom is 0.243 e. The molecule has 6 nitrogen and oxygen atoms in total. The molecule has 1 heterocycles. The van der Waals surface area contributed by atoms with Gasteiger partial charge in [-0.3, -0.25) is 4.79 Å². The van der Waals surface area contributed by atoms with Gasteiger partial charge in [-0.05, 0) is 56.0 Å². The van der Waals surface area contributed by atoms with Crippen molar-refractivity contribution in [1.82, 2.24) is 4.31 Å². The third-order valence-corrected chi connectivity index (χ3v) is 6.99. The van der Waals surface area contributed by atoms with Gasteiger partial charge in [0.25, 0.3) is 0 Å². The third kappa shape index (κ3) is 4.14. The molecule has 0 unspecified atom stereocenters. The molecule has 0 aliphatic carbocycles. The smallest absolute Gasteiger partial charge is 0.243 e. The zero-order valence-corrected chi connectivity index (χ0v) is 16.3. The predicted octanol–water partition coefficient (Wildman–Crippen LogP) is 3.05. The molecule has 3 rings (SSSR count). The lowest BCUT2D eigenvalue weighted by atomic mass is 9.97. The van der Waals surface area contributed by atoms with Gasteiger partial charge in [-0.15, -0.1) is 0 Å². The SMILES string of the molecule is Cc1ccc(C)c(S(=O)(=O)N2CCC(C(=O)Nc3ccccc3O)CC2)c1. The van der Waals surface area contributed by atoms with Gasteiger partial charge in [0.1, 0.15) is 5.75 Å². The highest BCUT2D eigenvalue weighted by Crippen LogP contribution is 2.28. The van der Waals surface area contributed by atoms with Gasteiger partial charge in [0, 0.05) is 19.0 Å². The fourth-order valence-electron chi connectivity index (χ4n) is 3.30. The van der Waals surface area contributed by atoms with Gasteiger partial charge >= 0.3 is 0 Å². The lowest BCUT2D eigenvalue weighted by Crippen LogP contribution is -2.41. The van der Waals surface area contributed by atoms with Gasteiger partial charge in [-0.1, -0.05) is 24.3 Å². The van der Waals surface area contributed by atoms with Gasteiger partial charge in [0.2, 0.25) is 15.9 Å². The average molecular weight is 388 g/mol. The zero-order chi connectivity index (χ0) is 19.6. The van der Waals surface area contributed by atoms with Crippen LogP contribution in [0.2, 0.25) is 0 Å². The van der Waals surface area contributed by atoms with Crippen molar-refractivity contribution in [2.45, 2.75) is 31.6 Å². The van der Waals surface area contributed by atoms with Gasteiger partial charge in [0.15, 0.2) is 0 Å². The fourth-order valence-corrected chi connectivity index (χ4v) is 5.08. The Labute approximate surface area is 159 Å². The molecule has 1 fully saturated rings. The second-order valence-electron chi connectivity index (χ2n) is 6.95. The van der Waals surface area contributed by atoms with Crippen LogP contribution in [-0.4, -0.2) is 36.8 Å². The maximum absolute atomic E-state index is 13.0. The molecule has 144 valence electrons. The van der Waals surface area contributed by atoms with E-state index < -0.39 is 10.0 Å². The number of amides is 1. The highest BCUT2D eigenvalue weighted by atomic mass is 32.2. The van der Waals surface area contributed by atoms with E-state index in [-0.39, 0.29) is 17.6 Å². The minimum atomic E-state index is -3.57. The van der Waals surface area contributed by atoms with Crippen molar-refractivity contribution in [3.05, 3.63) is 53.6 Å². The first kappa shape index (κ1) is 19.4. The largest absolute Gasteiger partial charge is 0.506 e. The Morgan fingerprint density at radius 1 is 1.11 bits per heavy atom. The highest BCUT2D eigenvalue weighted by molar-refractivity contribution is 7.89.